The van der Waals surface area contributed by atoms with Gasteiger partial charge in [-0.1, -0.05) is 6.92 Å². The molecule has 138 valence electrons. The highest BCUT2D eigenvalue weighted by molar-refractivity contribution is 5.96. The molecular formula is C17H18N8O2. The molecule has 27 heavy (non-hydrogen) atoms. The van der Waals surface area contributed by atoms with Gasteiger partial charge in [0.05, 0.1) is 29.1 Å². The van der Waals surface area contributed by atoms with Crippen molar-refractivity contribution in [1.82, 2.24) is 19.9 Å². The maximum Gasteiger partial charge on any atom is 0.271 e. The molecule has 0 aliphatic heterocycles. The summed E-state index contributed by atoms with van der Waals surface area (Å²) in [7, 11) is 0. The van der Waals surface area contributed by atoms with Gasteiger partial charge in [-0.05, 0) is 24.6 Å². The first kappa shape index (κ1) is 18.0. The Kier molecular flexibility index (Phi) is 5.06. The lowest BCUT2D eigenvalue weighted by molar-refractivity contribution is -0.118. The smallest absolute Gasteiger partial charge is 0.271 e. The summed E-state index contributed by atoms with van der Waals surface area (Å²) in [5.41, 5.74) is 12.6. The van der Waals surface area contributed by atoms with Crippen molar-refractivity contribution in [3.8, 4) is 0 Å². The molecule has 0 aliphatic rings. The lowest BCUT2D eigenvalue weighted by Crippen LogP contribution is -2.35. The zero-order valence-electron chi connectivity index (χ0n) is 14.5. The van der Waals surface area contributed by atoms with E-state index in [0.717, 1.165) is 5.52 Å². The summed E-state index contributed by atoms with van der Waals surface area (Å²) >= 11 is 0. The number of carbonyl (C=O) groups is 2. The number of rotatable bonds is 7. The topological polar surface area (TPSA) is 162 Å². The average Bonchev–Trinajstić information content (AvgIpc) is 2.65. The van der Waals surface area contributed by atoms with Gasteiger partial charge >= 0.3 is 0 Å². The minimum atomic E-state index is -0.745. The Morgan fingerprint density at radius 1 is 1.15 bits per heavy atom. The van der Waals surface area contributed by atoms with Crippen LogP contribution in [0.15, 0.2) is 36.8 Å². The van der Waals surface area contributed by atoms with Crippen molar-refractivity contribution in [2.45, 2.75) is 19.4 Å². The molecule has 10 heteroatoms. The largest absolute Gasteiger partial charge is 0.368 e. The SMILES string of the molecule is CCC(Nc1cnc(C(N)=O)c(Nc2cnc3cccnc3c2)n1)C(N)=O. The number of pyridine rings is 2. The van der Waals surface area contributed by atoms with Gasteiger partial charge in [0.1, 0.15) is 11.9 Å². The monoisotopic (exact) mass is 366 g/mol. The maximum atomic E-state index is 11.7. The van der Waals surface area contributed by atoms with Crippen molar-refractivity contribution >= 4 is 40.2 Å². The van der Waals surface area contributed by atoms with E-state index in [1.165, 1.54) is 6.20 Å². The predicted octanol–water partition coefficient (Wildman–Crippen LogP) is 0.938. The van der Waals surface area contributed by atoms with Gasteiger partial charge < -0.3 is 22.1 Å². The van der Waals surface area contributed by atoms with E-state index >= 15 is 0 Å². The minimum Gasteiger partial charge on any atom is -0.368 e. The van der Waals surface area contributed by atoms with Gasteiger partial charge in [-0.2, -0.15) is 0 Å². The fourth-order valence-electron chi connectivity index (χ4n) is 2.44. The van der Waals surface area contributed by atoms with Gasteiger partial charge in [-0.3, -0.25) is 19.6 Å². The van der Waals surface area contributed by atoms with Gasteiger partial charge in [0.15, 0.2) is 11.5 Å². The normalized spacial score (nSPS) is 11.7. The number of primary amides is 2. The lowest BCUT2D eigenvalue weighted by Gasteiger charge is -2.15. The molecule has 2 amide bonds. The van der Waals surface area contributed by atoms with Crippen molar-refractivity contribution in [2.24, 2.45) is 11.5 Å². The molecule has 0 fully saturated rings. The zero-order chi connectivity index (χ0) is 19.4. The Bertz CT molecular complexity index is 1010. The Hall–Kier alpha value is -3.82. The van der Waals surface area contributed by atoms with Crippen molar-refractivity contribution in [1.29, 1.82) is 0 Å². The van der Waals surface area contributed by atoms with Crippen LogP contribution in [0.3, 0.4) is 0 Å². The summed E-state index contributed by atoms with van der Waals surface area (Å²) in [5.74, 6) is -0.855. The van der Waals surface area contributed by atoms with Crippen molar-refractivity contribution in [2.75, 3.05) is 10.6 Å². The van der Waals surface area contributed by atoms with Crippen LogP contribution in [0.2, 0.25) is 0 Å². The van der Waals surface area contributed by atoms with E-state index in [0.29, 0.717) is 17.6 Å². The van der Waals surface area contributed by atoms with E-state index in [-0.39, 0.29) is 17.3 Å². The van der Waals surface area contributed by atoms with Crippen molar-refractivity contribution in [3.63, 3.8) is 0 Å². The number of amides is 2. The van der Waals surface area contributed by atoms with Crippen LogP contribution in [-0.4, -0.2) is 37.8 Å². The van der Waals surface area contributed by atoms with Crippen molar-refractivity contribution < 1.29 is 9.59 Å². The third-order valence-electron chi connectivity index (χ3n) is 3.79. The molecule has 0 saturated heterocycles. The summed E-state index contributed by atoms with van der Waals surface area (Å²) in [6, 6.07) is 4.77. The van der Waals surface area contributed by atoms with Gasteiger partial charge in [0.25, 0.3) is 5.91 Å². The molecule has 3 heterocycles. The molecule has 0 bridgehead atoms. The summed E-state index contributed by atoms with van der Waals surface area (Å²) < 4.78 is 0. The van der Waals surface area contributed by atoms with E-state index in [9.17, 15) is 9.59 Å². The van der Waals surface area contributed by atoms with Gasteiger partial charge in [0.2, 0.25) is 5.91 Å². The number of hydrogen-bond donors (Lipinski definition) is 4. The van der Waals surface area contributed by atoms with Crippen LogP contribution in [0, 0.1) is 0 Å². The van der Waals surface area contributed by atoms with Crippen LogP contribution < -0.4 is 22.1 Å². The molecule has 3 aromatic heterocycles. The van der Waals surface area contributed by atoms with Crippen LogP contribution in [0.5, 0.6) is 0 Å². The number of aromatic nitrogens is 4. The molecule has 3 rings (SSSR count). The molecule has 0 aromatic carbocycles. The first-order valence-electron chi connectivity index (χ1n) is 8.18. The number of fused-ring (bicyclic) bond motifs is 1. The Morgan fingerprint density at radius 3 is 2.67 bits per heavy atom. The minimum absolute atomic E-state index is 0.0474. The van der Waals surface area contributed by atoms with Crippen LogP contribution in [0.1, 0.15) is 23.8 Å². The van der Waals surface area contributed by atoms with Crippen LogP contribution in [0.4, 0.5) is 17.3 Å². The average molecular weight is 366 g/mol. The Morgan fingerprint density at radius 2 is 1.96 bits per heavy atom. The molecule has 1 atom stereocenters. The molecule has 0 saturated carbocycles. The predicted molar refractivity (Wildman–Crippen MR) is 100 cm³/mol. The molecule has 1 unspecified atom stereocenters. The maximum absolute atomic E-state index is 11.7. The summed E-state index contributed by atoms with van der Waals surface area (Å²) in [6.07, 6.45) is 5.02. The second-order valence-corrected chi connectivity index (χ2v) is 5.71. The van der Waals surface area contributed by atoms with E-state index in [4.69, 9.17) is 11.5 Å². The molecule has 0 aliphatic carbocycles. The van der Waals surface area contributed by atoms with Gasteiger partial charge in [-0.15, -0.1) is 0 Å². The molecule has 0 spiro atoms. The third-order valence-corrected chi connectivity index (χ3v) is 3.79. The van der Waals surface area contributed by atoms with E-state index < -0.39 is 17.9 Å². The summed E-state index contributed by atoms with van der Waals surface area (Å²) in [5, 5.41) is 5.86. The van der Waals surface area contributed by atoms with E-state index in [2.05, 4.69) is 30.6 Å². The summed E-state index contributed by atoms with van der Waals surface area (Å²) in [4.78, 5) is 40.0. The highest BCUT2D eigenvalue weighted by Gasteiger charge is 2.17. The van der Waals surface area contributed by atoms with Gasteiger partial charge in [-0.25, -0.2) is 9.97 Å². The standard InChI is InChI=1S/C17H18N8O2/c1-2-10(15(18)26)24-13-8-22-14(16(19)27)17(25-13)23-9-6-12-11(21-7-9)4-3-5-20-12/h3-8,10H,2H2,1H3,(H2,18,26)(H2,19,27)(H2,23,24,25). The molecule has 3 aromatic rings. The Balaban J connectivity index is 1.94. The molecule has 10 nitrogen and oxygen atoms in total. The molecule has 6 N–H and O–H groups in total. The molecule has 0 radical (unpaired) electrons. The number of nitrogens with one attached hydrogen (secondary N) is 2. The lowest BCUT2D eigenvalue weighted by atomic mass is 10.2. The second kappa shape index (κ2) is 7.60. The number of nitrogens with zero attached hydrogens (tertiary/aromatic N) is 4. The highest BCUT2D eigenvalue weighted by Crippen LogP contribution is 2.21. The first-order valence-corrected chi connectivity index (χ1v) is 8.18. The van der Waals surface area contributed by atoms with Crippen molar-refractivity contribution in [3.05, 3.63) is 42.5 Å². The fraction of sp³-hybridized carbons (Fsp3) is 0.176. The highest BCUT2D eigenvalue weighted by atomic mass is 16.1. The van der Waals surface area contributed by atoms with Gasteiger partial charge in [0, 0.05) is 6.20 Å². The zero-order valence-corrected chi connectivity index (χ0v) is 14.5. The number of carbonyl (C=O) groups excluding carboxylic acids is 2. The summed E-state index contributed by atoms with van der Waals surface area (Å²) in [6.45, 7) is 1.81. The van der Waals surface area contributed by atoms with E-state index in [1.807, 2.05) is 6.07 Å². The van der Waals surface area contributed by atoms with Crippen LogP contribution in [-0.2, 0) is 4.79 Å². The van der Waals surface area contributed by atoms with E-state index in [1.54, 1.807) is 31.5 Å². The second-order valence-electron chi connectivity index (χ2n) is 5.71. The number of anilines is 3. The number of hydrogen-bond acceptors (Lipinski definition) is 8. The fourth-order valence-corrected chi connectivity index (χ4v) is 2.44. The number of nitrogens with two attached hydrogens (primary N) is 2. The first-order chi connectivity index (χ1) is 13.0. The molecular weight excluding hydrogens is 348 g/mol. The quantitative estimate of drug-likeness (QED) is 0.480. The van der Waals surface area contributed by atoms with Crippen LogP contribution >= 0.6 is 0 Å². The third kappa shape index (κ3) is 4.06. The Labute approximate surface area is 154 Å². The van der Waals surface area contributed by atoms with Crippen LogP contribution in [0.25, 0.3) is 11.0 Å².